The smallest absolute Gasteiger partial charge is 0.0619 e. The Kier molecular flexibility index (Phi) is 7.64. The van der Waals surface area contributed by atoms with Crippen LogP contribution in [0.5, 0.6) is 0 Å². The zero-order valence-electron chi connectivity index (χ0n) is 33.8. The Labute approximate surface area is 358 Å². The SMILES string of the molecule is c1ccc(-n2c3ccccc3c3cccc(-c4cc(-c5ccc6c7ccccc7c7ccccc7c6c5)cc(-c5cccc6c7ccccc7n(-c7ccccc7)c56)c4)c32)cc1. The number of hydrogen-bond donors (Lipinski definition) is 0. The molecule has 0 aliphatic heterocycles. The van der Waals surface area contributed by atoms with Crippen LogP contribution in [0.2, 0.25) is 0 Å². The van der Waals surface area contributed by atoms with Crippen LogP contribution in [0.3, 0.4) is 0 Å². The molecule has 0 bridgehead atoms. The molecule has 2 heterocycles. The maximum absolute atomic E-state index is 2.45. The van der Waals surface area contributed by atoms with Gasteiger partial charge in [-0.1, -0.05) is 170 Å². The van der Waals surface area contributed by atoms with E-state index in [0.29, 0.717) is 0 Å². The van der Waals surface area contributed by atoms with E-state index in [-0.39, 0.29) is 0 Å². The molecule has 0 radical (unpaired) electrons. The number of rotatable bonds is 5. The zero-order valence-corrected chi connectivity index (χ0v) is 33.8. The third-order valence-corrected chi connectivity index (χ3v) is 13.1. The summed E-state index contributed by atoms with van der Waals surface area (Å²) in [7, 11) is 0. The van der Waals surface area contributed by atoms with Crippen molar-refractivity contribution in [3.63, 3.8) is 0 Å². The zero-order chi connectivity index (χ0) is 40.7. The Balaban J connectivity index is 1.15. The van der Waals surface area contributed by atoms with Crippen molar-refractivity contribution in [1.82, 2.24) is 9.13 Å². The minimum Gasteiger partial charge on any atom is -0.309 e. The molecule has 288 valence electrons. The molecule has 0 saturated heterocycles. The maximum Gasteiger partial charge on any atom is 0.0619 e. The summed E-state index contributed by atoms with van der Waals surface area (Å²) in [4.78, 5) is 0. The standard InChI is InChI=1S/C60H38N2/c1-3-17-43(18-4-1)61-57-31-13-11-25-52(57)54-29-15-27-45(59(54)61)41-35-40(39-33-34-51-49-23-8-7-21-47(49)48-22-9-10-24-50(48)56(51)38-39)36-42(37-41)46-28-16-30-55-53-26-12-14-32-58(53)62(60(46)55)44-19-5-2-6-20-44/h1-38H. The quantitative estimate of drug-likeness (QED) is 0.154. The summed E-state index contributed by atoms with van der Waals surface area (Å²) >= 11 is 0. The van der Waals surface area contributed by atoms with Gasteiger partial charge in [-0.05, 0) is 115 Å². The highest BCUT2D eigenvalue weighted by atomic mass is 15.0. The third kappa shape index (κ3) is 5.17. The molecule has 11 aromatic carbocycles. The normalized spacial score (nSPS) is 11.9. The second-order valence-corrected chi connectivity index (χ2v) is 16.4. The van der Waals surface area contributed by atoms with Crippen LogP contribution in [0.1, 0.15) is 0 Å². The number of hydrogen-bond acceptors (Lipinski definition) is 0. The lowest BCUT2D eigenvalue weighted by atomic mass is 9.89. The summed E-state index contributed by atoms with van der Waals surface area (Å²) in [5, 5.41) is 12.6. The van der Waals surface area contributed by atoms with Crippen molar-refractivity contribution in [2.24, 2.45) is 0 Å². The van der Waals surface area contributed by atoms with Gasteiger partial charge in [0.05, 0.1) is 22.1 Å². The average Bonchev–Trinajstić information content (AvgIpc) is 3.88. The summed E-state index contributed by atoms with van der Waals surface area (Å²) in [5.74, 6) is 0. The van der Waals surface area contributed by atoms with E-state index in [0.717, 1.165) is 11.4 Å². The highest BCUT2D eigenvalue weighted by molar-refractivity contribution is 6.26. The Morgan fingerprint density at radius 3 is 1.06 bits per heavy atom. The van der Waals surface area contributed by atoms with Crippen molar-refractivity contribution >= 4 is 75.9 Å². The molecule has 13 rings (SSSR count). The van der Waals surface area contributed by atoms with Crippen LogP contribution in [0, 0.1) is 0 Å². The van der Waals surface area contributed by atoms with Gasteiger partial charge in [0.2, 0.25) is 0 Å². The number of benzene rings is 11. The predicted molar refractivity (Wildman–Crippen MR) is 264 cm³/mol. The summed E-state index contributed by atoms with van der Waals surface area (Å²) in [6, 6.07) is 84.9. The third-order valence-electron chi connectivity index (χ3n) is 13.1. The van der Waals surface area contributed by atoms with E-state index < -0.39 is 0 Å². The molecule has 0 N–H and O–H groups in total. The van der Waals surface area contributed by atoms with Gasteiger partial charge in [-0.25, -0.2) is 0 Å². The lowest BCUT2D eigenvalue weighted by Crippen LogP contribution is -1.97. The van der Waals surface area contributed by atoms with Crippen LogP contribution in [-0.4, -0.2) is 9.13 Å². The first-order valence-corrected chi connectivity index (χ1v) is 21.4. The molecule has 13 aromatic rings. The number of para-hydroxylation sites is 6. The Morgan fingerprint density at radius 2 is 0.581 bits per heavy atom. The Morgan fingerprint density at radius 1 is 0.210 bits per heavy atom. The van der Waals surface area contributed by atoms with E-state index in [2.05, 4.69) is 240 Å². The minimum atomic E-state index is 1.15. The summed E-state index contributed by atoms with van der Waals surface area (Å²) < 4.78 is 4.90. The van der Waals surface area contributed by atoms with Crippen molar-refractivity contribution in [3.8, 4) is 44.8 Å². The van der Waals surface area contributed by atoms with E-state index in [1.807, 2.05) is 0 Å². The molecule has 0 saturated carbocycles. The first-order chi connectivity index (χ1) is 30.8. The van der Waals surface area contributed by atoms with E-state index in [4.69, 9.17) is 0 Å². The lowest BCUT2D eigenvalue weighted by molar-refractivity contribution is 1.18. The van der Waals surface area contributed by atoms with Crippen molar-refractivity contribution in [2.45, 2.75) is 0 Å². The van der Waals surface area contributed by atoms with Crippen LogP contribution >= 0.6 is 0 Å². The molecule has 0 fully saturated rings. The average molecular weight is 787 g/mol. The molecule has 0 spiro atoms. The van der Waals surface area contributed by atoms with Gasteiger partial charge in [0, 0.05) is 44.0 Å². The molecule has 0 amide bonds. The number of fused-ring (bicyclic) bond motifs is 12. The van der Waals surface area contributed by atoms with E-state index in [1.165, 1.54) is 109 Å². The van der Waals surface area contributed by atoms with Crippen molar-refractivity contribution in [3.05, 3.63) is 231 Å². The van der Waals surface area contributed by atoms with Gasteiger partial charge in [0.25, 0.3) is 0 Å². The van der Waals surface area contributed by atoms with Gasteiger partial charge in [-0.2, -0.15) is 0 Å². The van der Waals surface area contributed by atoms with Crippen molar-refractivity contribution in [1.29, 1.82) is 0 Å². The number of nitrogens with zero attached hydrogens (tertiary/aromatic N) is 2. The molecular weight excluding hydrogens is 749 g/mol. The van der Waals surface area contributed by atoms with Crippen LogP contribution in [0.4, 0.5) is 0 Å². The molecule has 2 nitrogen and oxygen atoms in total. The van der Waals surface area contributed by atoms with Gasteiger partial charge < -0.3 is 9.13 Å². The van der Waals surface area contributed by atoms with Crippen LogP contribution in [0.25, 0.3) is 121 Å². The van der Waals surface area contributed by atoms with Crippen LogP contribution < -0.4 is 0 Å². The van der Waals surface area contributed by atoms with Gasteiger partial charge in [-0.15, -0.1) is 0 Å². The van der Waals surface area contributed by atoms with E-state index >= 15 is 0 Å². The Hall–Kier alpha value is -8.20. The van der Waals surface area contributed by atoms with E-state index in [1.54, 1.807) is 0 Å². The molecule has 0 unspecified atom stereocenters. The molecule has 62 heavy (non-hydrogen) atoms. The molecule has 2 aromatic heterocycles. The Bertz CT molecular complexity index is 3700. The second-order valence-electron chi connectivity index (χ2n) is 16.4. The molecule has 2 heteroatoms. The second kappa shape index (κ2) is 13.7. The lowest BCUT2D eigenvalue weighted by Gasteiger charge is -2.17. The van der Waals surface area contributed by atoms with Crippen molar-refractivity contribution in [2.75, 3.05) is 0 Å². The van der Waals surface area contributed by atoms with Gasteiger partial charge in [-0.3, -0.25) is 0 Å². The first-order valence-electron chi connectivity index (χ1n) is 21.4. The topological polar surface area (TPSA) is 9.86 Å². The highest BCUT2D eigenvalue weighted by Gasteiger charge is 2.21. The molecule has 0 aliphatic carbocycles. The van der Waals surface area contributed by atoms with E-state index in [9.17, 15) is 0 Å². The fraction of sp³-hybridized carbons (Fsp3) is 0. The van der Waals surface area contributed by atoms with Crippen LogP contribution in [0.15, 0.2) is 231 Å². The fourth-order valence-electron chi connectivity index (χ4n) is 10.4. The largest absolute Gasteiger partial charge is 0.309 e. The summed E-state index contributed by atoms with van der Waals surface area (Å²) in [6.45, 7) is 0. The maximum atomic E-state index is 2.45. The molecule has 0 atom stereocenters. The van der Waals surface area contributed by atoms with Crippen molar-refractivity contribution < 1.29 is 0 Å². The summed E-state index contributed by atoms with van der Waals surface area (Å²) in [5.41, 5.74) is 14.2. The van der Waals surface area contributed by atoms with Crippen LogP contribution in [-0.2, 0) is 0 Å². The molecule has 0 aliphatic rings. The fourth-order valence-corrected chi connectivity index (χ4v) is 10.4. The van der Waals surface area contributed by atoms with Gasteiger partial charge in [0.15, 0.2) is 0 Å². The highest BCUT2D eigenvalue weighted by Crippen LogP contribution is 2.45. The minimum absolute atomic E-state index is 1.15. The predicted octanol–water partition coefficient (Wildman–Crippen LogP) is 16.3. The van der Waals surface area contributed by atoms with Gasteiger partial charge >= 0.3 is 0 Å². The van der Waals surface area contributed by atoms with Gasteiger partial charge in [0.1, 0.15) is 0 Å². The number of aromatic nitrogens is 2. The molecular formula is C60H38N2. The monoisotopic (exact) mass is 786 g/mol. The summed E-state index contributed by atoms with van der Waals surface area (Å²) in [6.07, 6.45) is 0. The first kappa shape index (κ1) is 34.6.